The number of nitrogen functional groups attached to an aromatic ring is 1. The van der Waals surface area contributed by atoms with Crippen molar-refractivity contribution in [1.82, 2.24) is 19.1 Å². The topological polar surface area (TPSA) is 94.1 Å². The number of sulfonamides is 1. The second-order valence-electron chi connectivity index (χ2n) is 5.05. The minimum atomic E-state index is -3.41. The van der Waals surface area contributed by atoms with Gasteiger partial charge in [0, 0.05) is 19.3 Å². The van der Waals surface area contributed by atoms with E-state index in [-0.39, 0.29) is 6.04 Å². The van der Waals surface area contributed by atoms with Gasteiger partial charge in [0.1, 0.15) is 5.82 Å². The first-order valence-corrected chi connectivity index (χ1v) is 8.95. The summed E-state index contributed by atoms with van der Waals surface area (Å²) in [6.45, 7) is 2.78. The highest BCUT2D eigenvalue weighted by atomic mass is 32.2. The van der Waals surface area contributed by atoms with Crippen molar-refractivity contribution in [2.24, 2.45) is 0 Å². The monoisotopic (exact) mass is 327 g/mol. The van der Waals surface area contributed by atoms with Gasteiger partial charge in [0.05, 0.1) is 17.2 Å². The largest absolute Gasteiger partial charge is 0.382 e. The summed E-state index contributed by atoms with van der Waals surface area (Å²) in [5.74, 6) is 0.491. The van der Waals surface area contributed by atoms with Crippen molar-refractivity contribution in [2.75, 3.05) is 18.8 Å². The van der Waals surface area contributed by atoms with Crippen LogP contribution in [0.25, 0.3) is 0 Å². The summed E-state index contributed by atoms with van der Waals surface area (Å²) >= 11 is 1.21. The number of anilines is 1. The van der Waals surface area contributed by atoms with E-state index in [9.17, 15) is 8.42 Å². The van der Waals surface area contributed by atoms with Crippen LogP contribution in [0, 0.1) is 6.92 Å². The van der Waals surface area contributed by atoms with E-state index in [4.69, 9.17) is 5.73 Å². The van der Waals surface area contributed by atoms with Crippen LogP contribution in [-0.4, -0.2) is 40.6 Å². The molecule has 2 aromatic rings. The van der Waals surface area contributed by atoms with Crippen LogP contribution in [-0.2, 0) is 10.0 Å². The van der Waals surface area contributed by atoms with E-state index in [1.165, 1.54) is 21.8 Å². The molecule has 0 aliphatic carbocycles. The summed E-state index contributed by atoms with van der Waals surface area (Å²) in [5.41, 5.74) is 5.62. The third-order valence-corrected chi connectivity index (χ3v) is 6.87. The van der Waals surface area contributed by atoms with Gasteiger partial charge in [0.2, 0.25) is 0 Å². The van der Waals surface area contributed by atoms with Crippen LogP contribution in [0.5, 0.6) is 0 Å². The van der Waals surface area contributed by atoms with E-state index in [0.29, 0.717) is 23.1 Å². The average molecular weight is 327 g/mol. The number of aromatic nitrogens is 3. The Balaban J connectivity index is 1.71. The Bertz CT molecular complexity index is 728. The first-order chi connectivity index (χ1) is 9.96. The van der Waals surface area contributed by atoms with E-state index in [2.05, 4.69) is 10.1 Å². The van der Waals surface area contributed by atoms with Crippen LogP contribution < -0.4 is 5.73 Å². The molecule has 1 fully saturated rings. The van der Waals surface area contributed by atoms with E-state index in [1.807, 2.05) is 10.9 Å². The van der Waals surface area contributed by atoms with Gasteiger partial charge in [-0.05, 0) is 25.8 Å². The molecular weight excluding hydrogens is 310 g/mol. The van der Waals surface area contributed by atoms with Gasteiger partial charge in [0.15, 0.2) is 4.21 Å². The number of rotatable bonds is 3. The molecule has 9 heteroatoms. The van der Waals surface area contributed by atoms with Gasteiger partial charge >= 0.3 is 0 Å². The van der Waals surface area contributed by atoms with Crippen LogP contribution in [0.2, 0.25) is 0 Å². The van der Waals surface area contributed by atoms with E-state index >= 15 is 0 Å². The zero-order valence-corrected chi connectivity index (χ0v) is 13.3. The number of hydrogen-bond acceptors (Lipinski definition) is 6. The highest BCUT2D eigenvalue weighted by molar-refractivity contribution is 7.91. The van der Waals surface area contributed by atoms with Crippen molar-refractivity contribution in [3.8, 4) is 0 Å². The molecule has 0 aromatic carbocycles. The zero-order valence-electron chi connectivity index (χ0n) is 11.6. The van der Waals surface area contributed by atoms with Crippen LogP contribution in [0.4, 0.5) is 5.82 Å². The fraction of sp³-hybridized carbons (Fsp3) is 0.500. The van der Waals surface area contributed by atoms with E-state index < -0.39 is 10.0 Å². The minimum absolute atomic E-state index is 0.206. The molecule has 0 saturated carbocycles. The van der Waals surface area contributed by atoms with Crippen molar-refractivity contribution >= 4 is 27.2 Å². The Kier molecular flexibility index (Phi) is 3.72. The Labute approximate surface area is 127 Å². The Morgan fingerprint density at radius 1 is 1.38 bits per heavy atom. The summed E-state index contributed by atoms with van der Waals surface area (Å²) in [7, 11) is -3.41. The number of piperidine rings is 1. The number of aryl methyl sites for hydroxylation is 1. The number of thiazole rings is 1. The van der Waals surface area contributed by atoms with Gasteiger partial charge in [0.25, 0.3) is 10.0 Å². The van der Waals surface area contributed by atoms with Gasteiger partial charge in [-0.15, -0.1) is 11.3 Å². The molecule has 7 nitrogen and oxygen atoms in total. The molecule has 1 aliphatic rings. The average Bonchev–Trinajstić information content (AvgIpc) is 3.08. The fourth-order valence-corrected chi connectivity index (χ4v) is 5.22. The Morgan fingerprint density at radius 3 is 2.62 bits per heavy atom. The molecule has 1 aliphatic heterocycles. The van der Waals surface area contributed by atoms with Gasteiger partial charge in [-0.1, -0.05) is 0 Å². The molecular formula is C12H17N5O2S2. The summed E-state index contributed by atoms with van der Waals surface area (Å²) in [4.78, 5) is 4.03. The first kappa shape index (κ1) is 14.5. The van der Waals surface area contributed by atoms with Crippen molar-refractivity contribution in [3.63, 3.8) is 0 Å². The van der Waals surface area contributed by atoms with Crippen molar-refractivity contribution in [1.29, 1.82) is 0 Å². The van der Waals surface area contributed by atoms with Gasteiger partial charge in [-0.25, -0.2) is 13.4 Å². The first-order valence-electron chi connectivity index (χ1n) is 6.70. The smallest absolute Gasteiger partial charge is 0.254 e. The molecule has 2 N–H and O–H groups in total. The minimum Gasteiger partial charge on any atom is -0.382 e. The highest BCUT2D eigenvalue weighted by Gasteiger charge is 2.31. The highest BCUT2D eigenvalue weighted by Crippen LogP contribution is 2.28. The Hall–Kier alpha value is -1.45. The maximum atomic E-state index is 12.5. The maximum absolute atomic E-state index is 12.5. The molecule has 114 valence electrons. The normalized spacial score (nSPS) is 18.1. The van der Waals surface area contributed by atoms with E-state index in [0.717, 1.165) is 17.8 Å². The molecule has 0 atom stereocenters. The summed E-state index contributed by atoms with van der Waals surface area (Å²) in [5, 5.41) is 4.96. The third-order valence-electron chi connectivity index (χ3n) is 3.62. The SMILES string of the molecule is Cc1ncc(S(=O)(=O)N2CCC(n3ccc(N)n3)CC2)s1. The summed E-state index contributed by atoms with van der Waals surface area (Å²) < 4.78 is 28.7. The lowest BCUT2D eigenvalue weighted by molar-refractivity contribution is 0.262. The molecule has 0 radical (unpaired) electrons. The van der Waals surface area contributed by atoms with Gasteiger partial charge in [-0.2, -0.15) is 9.40 Å². The van der Waals surface area contributed by atoms with Crippen LogP contribution in [0.1, 0.15) is 23.9 Å². The standard InChI is InChI=1S/C12H17N5O2S2/c1-9-14-8-12(20-9)21(18,19)16-5-2-10(3-6-16)17-7-4-11(13)15-17/h4,7-8,10H,2-3,5-6H2,1H3,(H2,13,15). The summed E-state index contributed by atoms with van der Waals surface area (Å²) in [6.07, 6.45) is 4.75. The lowest BCUT2D eigenvalue weighted by Gasteiger charge is -2.30. The molecule has 0 spiro atoms. The predicted octanol–water partition coefficient (Wildman–Crippen LogP) is 1.26. The van der Waals surface area contributed by atoms with Gasteiger partial charge < -0.3 is 5.73 Å². The molecule has 21 heavy (non-hydrogen) atoms. The van der Waals surface area contributed by atoms with Crippen molar-refractivity contribution in [2.45, 2.75) is 30.0 Å². The number of nitrogens with two attached hydrogens (primary N) is 1. The van der Waals surface area contributed by atoms with Crippen molar-refractivity contribution in [3.05, 3.63) is 23.5 Å². The maximum Gasteiger partial charge on any atom is 0.254 e. The molecule has 0 unspecified atom stereocenters. The van der Waals surface area contributed by atoms with Crippen LogP contribution in [0.3, 0.4) is 0 Å². The molecule has 1 saturated heterocycles. The second kappa shape index (κ2) is 5.39. The quantitative estimate of drug-likeness (QED) is 0.916. The van der Waals surface area contributed by atoms with Crippen molar-refractivity contribution < 1.29 is 8.42 Å². The van der Waals surface area contributed by atoms with Crippen LogP contribution >= 0.6 is 11.3 Å². The van der Waals surface area contributed by atoms with E-state index in [1.54, 1.807) is 13.0 Å². The summed E-state index contributed by atoms with van der Waals surface area (Å²) in [6, 6.07) is 1.96. The third kappa shape index (κ3) is 2.81. The lowest BCUT2D eigenvalue weighted by Crippen LogP contribution is -2.38. The van der Waals surface area contributed by atoms with Crippen LogP contribution in [0.15, 0.2) is 22.7 Å². The predicted molar refractivity (Wildman–Crippen MR) is 80.5 cm³/mol. The number of hydrogen-bond donors (Lipinski definition) is 1. The molecule has 0 amide bonds. The zero-order chi connectivity index (χ0) is 15.0. The second-order valence-corrected chi connectivity index (χ2v) is 8.45. The Morgan fingerprint density at radius 2 is 2.10 bits per heavy atom. The fourth-order valence-electron chi connectivity index (χ4n) is 2.49. The molecule has 2 aromatic heterocycles. The van der Waals surface area contributed by atoms with Gasteiger partial charge in [-0.3, -0.25) is 4.68 Å². The molecule has 0 bridgehead atoms. The lowest BCUT2D eigenvalue weighted by atomic mass is 10.1. The molecule has 3 rings (SSSR count). The number of nitrogens with zero attached hydrogens (tertiary/aromatic N) is 4. The molecule has 3 heterocycles.